The summed E-state index contributed by atoms with van der Waals surface area (Å²) in [6, 6.07) is 15.4. The third kappa shape index (κ3) is 4.02. The van der Waals surface area contributed by atoms with Crippen LogP contribution >= 0.6 is 11.6 Å². The number of aromatic nitrogens is 2. The van der Waals surface area contributed by atoms with Crippen molar-refractivity contribution in [2.75, 3.05) is 13.7 Å². The standard InChI is InChI=1S/C24H22ClN3O2/c1-16-24-21(11-12-26-16)20-9-8-19(30-2)15-22(20)28(24)14-13-27-23(29)10-5-17-3-6-18(25)7-4-17/h3-12,15H,13-14H2,1-2H3,(H,27,29)/b10-5+. The monoisotopic (exact) mass is 419 g/mol. The Labute approximate surface area is 179 Å². The van der Waals surface area contributed by atoms with Gasteiger partial charge in [-0.25, -0.2) is 0 Å². The predicted octanol–water partition coefficient (Wildman–Crippen LogP) is 4.99. The third-order valence-corrected chi connectivity index (χ3v) is 5.35. The highest BCUT2D eigenvalue weighted by atomic mass is 35.5. The van der Waals surface area contributed by atoms with Gasteiger partial charge in [0.15, 0.2) is 0 Å². The van der Waals surface area contributed by atoms with Gasteiger partial charge in [-0.15, -0.1) is 0 Å². The second-order valence-electron chi connectivity index (χ2n) is 7.00. The van der Waals surface area contributed by atoms with Crippen molar-refractivity contribution in [3.63, 3.8) is 0 Å². The number of fused-ring (bicyclic) bond motifs is 3. The fourth-order valence-corrected chi connectivity index (χ4v) is 3.78. The van der Waals surface area contributed by atoms with Crippen LogP contribution in [-0.2, 0) is 11.3 Å². The summed E-state index contributed by atoms with van der Waals surface area (Å²) < 4.78 is 7.60. The van der Waals surface area contributed by atoms with Crippen molar-refractivity contribution in [1.29, 1.82) is 0 Å². The lowest BCUT2D eigenvalue weighted by molar-refractivity contribution is -0.116. The van der Waals surface area contributed by atoms with Crippen LogP contribution in [0.3, 0.4) is 0 Å². The molecule has 2 heterocycles. The maximum Gasteiger partial charge on any atom is 0.244 e. The first-order valence-corrected chi connectivity index (χ1v) is 10.1. The lowest BCUT2D eigenvalue weighted by Crippen LogP contribution is -2.25. The Balaban J connectivity index is 1.54. The van der Waals surface area contributed by atoms with Crippen LogP contribution < -0.4 is 10.1 Å². The lowest BCUT2D eigenvalue weighted by Gasteiger charge is -2.10. The van der Waals surface area contributed by atoms with Crippen LogP contribution in [-0.4, -0.2) is 29.1 Å². The topological polar surface area (TPSA) is 56.1 Å². The van der Waals surface area contributed by atoms with Crippen LogP contribution in [0.25, 0.3) is 27.9 Å². The molecule has 0 fully saturated rings. The number of carbonyl (C=O) groups excluding carboxylic acids is 1. The molecule has 4 aromatic rings. The van der Waals surface area contributed by atoms with Crippen LogP contribution in [0.2, 0.25) is 5.02 Å². The smallest absolute Gasteiger partial charge is 0.244 e. The summed E-state index contributed by atoms with van der Waals surface area (Å²) in [6.45, 7) is 3.12. The van der Waals surface area contributed by atoms with E-state index >= 15 is 0 Å². The first-order valence-electron chi connectivity index (χ1n) is 9.70. The van der Waals surface area contributed by atoms with Crippen molar-refractivity contribution in [2.24, 2.45) is 0 Å². The van der Waals surface area contributed by atoms with E-state index < -0.39 is 0 Å². The summed E-state index contributed by atoms with van der Waals surface area (Å²) >= 11 is 5.89. The maximum atomic E-state index is 12.2. The molecule has 0 aliphatic rings. The molecule has 2 aromatic heterocycles. The van der Waals surface area contributed by atoms with Gasteiger partial charge >= 0.3 is 0 Å². The summed E-state index contributed by atoms with van der Waals surface area (Å²) in [4.78, 5) is 16.7. The number of halogens is 1. The number of nitrogens with one attached hydrogen (secondary N) is 1. The van der Waals surface area contributed by atoms with Crippen LogP contribution in [0.5, 0.6) is 5.75 Å². The molecule has 2 aromatic carbocycles. The number of nitrogens with zero attached hydrogens (tertiary/aromatic N) is 2. The van der Waals surface area contributed by atoms with Crippen molar-refractivity contribution in [1.82, 2.24) is 14.9 Å². The molecule has 1 amide bonds. The fourth-order valence-electron chi connectivity index (χ4n) is 3.65. The first kappa shape index (κ1) is 20.0. The minimum Gasteiger partial charge on any atom is -0.497 e. The molecule has 0 bridgehead atoms. The van der Waals surface area contributed by atoms with Gasteiger partial charge in [-0.1, -0.05) is 23.7 Å². The average molecular weight is 420 g/mol. The SMILES string of the molecule is COc1ccc2c3ccnc(C)c3n(CCNC(=O)/C=C/c3ccc(Cl)cc3)c2c1. The molecule has 0 atom stereocenters. The third-order valence-electron chi connectivity index (χ3n) is 5.09. The molecular formula is C24H22ClN3O2. The van der Waals surface area contributed by atoms with Gasteiger partial charge in [-0.05, 0) is 48.9 Å². The van der Waals surface area contributed by atoms with Crippen LogP contribution in [0, 0.1) is 6.92 Å². The van der Waals surface area contributed by atoms with Crippen molar-refractivity contribution in [3.05, 3.63) is 77.1 Å². The molecule has 0 radical (unpaired) electrons. The van der Waals surface area contributed by atoms with E-state index in [4.69, 9.17) is 16.3 Å². The fraction of sp³-hybridized carbons (Fsp3) is 0.167. The molecule has 0 aliphatic heterocycles. The highest BCUT2D eigenvalue weighted by Gasteiger charge is 2.13. The van der Waals surface area contributed by atoms with Gasteiger partial charge in [0, 0.05) is 47.2 Å². The number of ether oxygens (including phenoxy) is 1. The molecule has 30 heavy (non-hydrogen) atoms. The largest absolute Gasteiger partial charge is 0.497 e. The molecule has 0 aliphatic carbocycles. The molecular weight excluding hydrogens is 398 g/mol. The zero-order valence-corrected chi connectivity index (χ0v) is 17.6. The molecule has 0 spiro atoms. The second kappa shape index (κ2) is 8.59. The highest BCUT2D eigenvalue weighted by Crippen LogP contribution is 2.32. The van der Waals surface area contributed by atoms with E-state index in [1.54, 1.807) is 25.3 Å². The van der Waals surface area contributed by atoms with E-state index in [1.165, 1.54) is 6.08 Å². The van der Waals surface area contributed by atoms with Crippen LogP contribution in [0.4, 0.5) is 0 Å². The van der Waals surface area contributed by atoms with Gasteiger partial charge in [0.25, 0.3) is 0 Å². The highest BCUT2D eigenvalue weighted by molar-refractivity contribution is 6.30. The zero-order chi connectivity index (χ0) is 21.1. The number of hydrogen-bond acceptors (Lipinski definition) is 3. The van der Waals surface area contributed by atoms with E-state index in [0.717, 1.165) is 38.8 Å². The van der Waals surface area contributed by atoms with Gasteiger partial charge in [-0.2, -0.15) is 0 Å². The minimum absolute atomic E-state index is 0.141. The van der Waals surface area contributed by atoms with E-state index in [0.29, 0.717) is 18.1 Å². The molecule has 0 saturated carbocycles. The summed E-state index contributed by atoms with van der Waals surface area (Å²) in [7, 11) is 1.66. The number of methoxy groups -OCH3 is 1. The van der Waals surface area contributed by atoms with E-state index in [9.17, 15) is 4.79 Å². The zero-order valence-electron chi connectivity index (χ0n) is 16.9. The number of pyridine rings is 1. The summed E-state index contributed by atoms with van der Waals surface area (Å²) in [5, 5.41) is 5.92. The maximum absolute atomic E-state index is 12.2. The Hall–Kier alpha value is -3.31. The number of amides is 1. The Morgan fingerprint density at radius 3 is 2.73 bits per heavy atom. The molecule has 4 rings (SSSR count). The number of carbonyl (C=O) groups is 1. The Morgan fingerprint density at radius 1 is 1.17 bits per heavy atom. The minimum atomic E-state index is -0.141. The van der Waals surface area contributed by atoms with Gasteiger partial charge in [-0.3, -0.25) is 9.78 Å². The van der Waals surface area contributed by atoms with Crippen molar-refractivity contribution < 1.29 is 9.53 Å². The van der Waals surface area contributed by atoms with E-state index in [-0.39, 0.29) is 5.91 Å². The summed E-state index contributed by atoms with van der Waals surface area (Å²) in [6.07, 6.45) is 5.13. The normalized spacial score (nSPS) is 11.4. The Kier molecular flexibility index (Phi) is 5.72. The van der Waals surface area contributed by atoms with Crippen LogP contribution in [0.15, 0.2) is 60.8 Å². The van der Waals surface area contributed by atoms with E-state index in [1.807, 2.05) is 43.5 Å². The van der Waals surface area contributed by atoms with Gasteiger partial charge in [0.2, 0.25) is 5.91 Å². The summed E-state index contributed by atoms with van der Waals surface area (Å²) in [5.41, 5.74) is 4.01. The van der Waals surface area contributed by atoms with Crippen LogP contribution in [0.1, 0.15) is 11.3 Å². The van der Waals surface area contributed by atoms with Gasteiger partial charge < -0.3 is 14.6 Å². The lowest BCUT2D eigenvalue weighted by atomic mass is 10.1. The average Bonchev–Trinajstić information content (AvgIpc) is 3.07. The second-order valence-corrected chi connectivity index (χ2v) is 7.44. The number of benzene rings is 2. The van der Waals surface area contributed by atoms with Crippen molar-refractivity contribution in [2.45, 2.75) is 13.5 Å². The quantitative estimate of drug-likeness (QED) is 0.448. The number of rotatable bonds is 6. The Bertz CT molecular complexity index is 1240. The molecule has 152 valence electrons. The van der Waals surface area contributed by atoms with Gasteiger partial charge in [0.1, 0.15) is 5.75 Å². The molecule has 0 unspecified atom stereocenters. The predicted molar refractivity (Wildman–Crippen MR) is 122 cm³/mol. The molecule has 5 nitrogen and oxygen atoms in total. The Morgan fingerprint density at radius 2 is 1.97 bits per heavy atom. The molecule has 6 heteroatoms. The van der Waals surface area contributed by atoms with Gasteiger partial charge in [0.05, 0.1) is 23.8 Å². The summed E-state index contributed by atoms with van der Waals surface area (Å²) in [5.74, 6) is 0.658. The number of hydrogen-bond donors (Lipinski definition) is 1. The molecule has 1 N–H and O–H groups in total. The number of aryl methyl sites for hydroxylation is 1. The van der Waals surface area contributed by atoms with Crippen molar-refractivity contribution >= 4 is 45.4 Å². The molecule has 0 saturated heterocycles. The van der Waals surface area contributed by atoms with E-state index in [2.05, 4.69) is 20.9 Å². The van der Waals surface area contributed by atoms with Crippen molar-refractivity contribution in [3.8, 4) is 5.75 Å². The first-order chi connectivity index (χ1) is 14.6.